The van der Waals surface area contributed by atoms with Gasteiger partial charge in [-0.25, -0.2) is 4.68 Å². The minimum atomic E-state index is 0.0518. The van der Waals surface area contributed by atoms with Gasteiger partial charge in [0.1, 0.15) is 18.6 Å². The molecule has 0 saturated carbocycles. The molecule has 1 unspecified atom stereocenters. The molecule has 3 aromatic rings. The van der Waals surface area contributed by atoms with Crippen LogP contribution in [0.25, 0.3) is 11.3 Å². The predicted molar refractivity (Wildman–Crippen MR) is 95.1 cm³/mol. The highest BCUT2D eigenvalue weighted by atomic mass is 16.5. The molecule has 2 aromatic heterocycles. The SMILES string of the molecule is c1ccc(COc2ccc(-c3cnn(C4CCCCO4)c3)nc2)cc1. The van der Waals surface area contributed by atoms with Gasteiger partial charge in [-0.1, -0.05) is 30.3 Å². The zero-order valence-electron chi connectivity index (χ0n) is 14.0. The normalized spacial score (nSPS) is 17.4. The third-order valence-corrected chi connectivity index (χ3v) is 4.33. The first-order valence-electron chi connectivity index (χ1n) is 8.67. The summed E-state index contributed by atoms with van der Waals surface area (Å²) < 4.78 is 13.4. The Bertz CT molecular complexity index is 793. The molecule has 0 N–H and O–H groups in total. The number of hydrogen-bond donors (Lipinski definition) is 0. The zero-order chi connectivity index (χ0) is 16.9. The van der Waals surface area contributed by atoms with E-state index in [0.717, 1.165) is 42.0 Å². The molecule has 1 aliphatic heterocycles. The van der Waals surface area contributed by atoms with Gasteiger partial charge in [0.2, 0.25) is 0 Å². The highest BCUT2D eigenvalue weighted by Crippen LogP contribution is 2.25. The van der Waals surface area contributed by atoms with Gasteiger partial charge in [-0.05, 0) is 37.0 Å². The van der Waals surface area contributed by atoms with Gasteiger partial charge in [-0.3, -0.25) is 4.98 Å². The Morgan fingerprint density at radius 1 is 1.08 bits per heavy atom. The Morgan fingerprint density at radius 2 is 2.00 bits per heavy atom. The number of aromatic nitrogens is 3. The Morgan fingerprint density at radius 3 is 2.76 bits per heavy atom. The quantitative estimate of drug-likeness (QED) is 0.700. The van der Waals surface area contributed by atoms with Crippen molar-refractivity contribution in [1.82, 2.24) is 14.8 Å². The lowest BCUT2D eigenvalue weighted by atomic mass is 10.2. The highest BCUT2D eigenvalue weighted by molar-refractivity contribution is 5.57. The summed E-state index contributed by atoms with van der Waals surface area (Å²) in [5.74, 6) is 0.760. The summed E-state index contributed by atoms with van der Waals surface area (Å²) in [7, 11) is 0. The van der Waals surface area contributed by atoms with Crippen LogP contribution in [0.2, 0.25) is 0 Å². The molecule has 1 fully saturated rings. The van der Waals surface area contributed by atoms with Crippen LogP contribution in [0.5, 0.6) is 5.75 Å². The zero-order valence-corrected chi connectivity index (χ0v) is 14.0. The molecule has 25 heavy (non-hydrogen) atoms. The van der Waals surface area contributed by atoms with Gasteiger partial charge in [0.25, 0.3) is 0 Å². The lowest BCUT2D eigenvalue weighted by Crippen LogP contribution is -2.18. The van der Waals surface area contributed by atoms with Gasteiger partial charge in [-0.2, -0.15) is 5.10 Å². The van der Waals surface area contributed by atoms with Crippen molar-refractivity contribution in [2.45, 2.75) is 32.1 Å². The van der Waals surface area contributed by atoms with E-state index in [1.807, 2.05) is 59.5 Å². The molecule has 1 aliphatic rings. The number of rotatable bonds is 5. The fraction of sp³-hybridized carbons (Fsp3) is 0.300. The first-order valence-corrected chi connectivity index (χ1v) is 8.67. The lowest BCUT2D eigenvalue weighted by molar-refractivity contribution is -0.0394. The van der Waals surface area contributed by atoms with E-state index in [-0.39, 0.29) is 6.23 Å². The van der Waals surface area contributed by atoms with Crippen molar-refractivity contribution in [3.05, 3.63) is 66.6 Å². The highest BCUT2D eigenvalue weighted by Gasteiger charge is 2.17. The van der Waals surface area contributed by atoms with Gasteiger partial charge in [0.05, 0.1) is 18.1 Å². The minimum Gasteiger partial charge on any atom is -0.487 e. The molecule has 5 nitrogen and oxygen atoms in total. The number of benzene rings is 1. The van der Waals surface area contributed by atoms with Crippen LogP contribution in [0, 0.1) is 0 Å². The molecular formula is C20H21N3O2. The van der Waals surface area contributed by atoms with E-state index in [1.54, 1.807) is 6.20 Å². The molecule has 0 bridgehead atoms. The second kappa shape index (κ2) is 7.49. The standard InChI is InChI=1S/C20H21N3O2/c1-2-6-16(7-3-1)15-25-18-9-10-19(21-13-18)17-12-22-23(14-17)20-8-4-5-11-24-20/h1-3,6-7,9-10,12-14,20H,4-5,8,11,15H2. The van der Waals surface area contributed by atoms with E-state index in [2.05, 4.69) is 10.1 Å². The average Bonchev–Trinajstić information content (AvgIpc) is 3.19. The second-order valence-electron chi connectivity index (χ2n) is 6.18. The molecule has 4 rings (SSSR count). The third-order valence-electron chi connectivity index (χ3n) is 4.33. The first kappa shape index (κ1) is 15.8. The predicted octanol–water partition coefficient (Wildman–Crippen LogP) is 4.22. The monoisotopic (exact) mass is 335 g/mol. The fourth-order valence-electron chi connectivity index (χ4n) is 2.94. The first-order chi connectivity index (χ1) is 12.4. The van der Waals surface area contributed by atoms with Gasteiger partial charge < -0.3 is 9.47 Å². The number of nitrogens with zero attached hydrogens (tertiary/aromatic N) is 3. The Hall–Kier alpha value is -2.66. The Labute approximate surface area is 147 Å². The smallest absolute Gasteiger partial charge is 0.150 e. The van der Waals surface area contributed by atoms with E-state index < -0.39 is 0 Å². The summed E-state index contributed by atoms with van der Waals surface area (Å²) in [6.07, 6.45) is 8.99. The van der Waals surface area contributed by atoms with Crippen molar-refractivity contribution in [3.8, 4) is 17.0 Å². The van der Waals surface area contributed by atoms with Gasteiger partial charge >= 0.3 is 0 Å². The second-order valence-corrected chi connectivity index (χ2v) is 6.18. The lowest BCUT2D eigenvalue weighted by Gasteiger charge is -2.22. The molecule has 1 aromatic carbocycles. The van der Waals surface area contributed by atoms with E-state index in [9.17, 15) is 0 Å². The summed E-state index contributed by atoms with van der Waals surface area (Å²) in [6.45, 7) is 1.35. The molecule has 5 heteroatoms. The topological polar surface area (TPSA) is 49.2 Å². The number of hydrogen-bond acceptors (Lipinski definition) is 4. The minimum absolute atomic E-state index is 0.0518. The molecule has 3 heterocycles. The molecule has 128 valence electrons. The van der Waals surface area contributed by atoms with Crippen LogP contribution in [0.1, 0.15) is 31.1 Å². The van der Waals surface area contributed by atoms with Crippen molar-refractivity contribution < 1.29 is 9.47 Å². The maximum Gasteiger partial charge on any atom is 0.150 e. The van der Waals surface area contributed by atoms with E-state index in [0.29, 0.717) is 6.61 Å². The average molecular weight is 335 g/mol. The van der Waals surface area contributed by atoms with Crippen LogP contribution in [0.4, 0.5) is 0 Å². The van der Waals surface area contributed by atoms with Crippen LogP contribution < -0.4 is 4.74 Å². The van der Waals surface area contributed by atoms with Crippen molar-refractivity contribution >= 4 is 0 Å². The summed E-state index contributed by atoms with van der Waals surface area (Å²) in [6, 6.07) is 14.0. The van der Waals surface area contributed by atoms with Crippen molar-refractivity contribution in [2.75, 3.05) is 6.61 Å². The van der Waals surface area contributed by atoms with Crippen molar-refractivity contribution in [2.24, 2.45) is 0 Å². The molecule has 0 spiro atoms. The third kappa shape index (κ3) is 3.88. The van der Waals surface area contributed by atoms with E-state index >= 15 is 0 Å². The fourth-order valence-corrected chi connectivity index (χ4v) is 2.94. The summed E-state index contributed by atoms with van der Waals surface area (Å²) in [5.41, 5.74) is 3.01. The van der Waals surface area contributed by atoms with E-state index in [1.165, 1.54) is 6.42 Å². The summed E-state index contributed by atoms with van der Waals surface area (Å²) in [4.78, 5) is 4.50. The van der Waals surface area contributed by atoms with Gasteiger partial charge in [0.15, 0.2) is 0 Å². The van der Waals surface area contributed by atoms with Crippen molar-refractivity contribution in [3.63, 3.8) is 0 Å². The Balaban J connectivity index is 1.40. The molecule has 1 atom stereocenters. The molecular weight excluding hydrogens is 314 g/mol. The van der Waals surface area contributed by atoms with Crippen LogP contribution >= 0.6 is 0 Å². The molecule has 0 radical (unpaired) electrons. The number of pyridine rings is 1. The molecule has 0 aliphatic carbocycles. The van der Waals surface area contributed by atoms with Gasteiger partial charge in [-0.15, -0.1) is 0 Å². The van der Waals surface area contributed by atoms with Gasteiger partial charge in [0, 0.05) is 18.4 Å². The summed E-state index contributed by atoms with van der Waals surface area (Å²) >= 11 is 0. The molecule has 0 amide bonds. The maximum absolute atomic E-state index is 5.78. The number of ether oxygens (including phenoxy) is 2. The van der Waals surface area contributed by atoms with E-state index in [4.69, 9.17) is 9.47 Å². The van der Waals surface area contributed by atoms with Crippen LogP contribution in [0.15, 0.2) is 61.1 Å². The van der Waals surface area contributed by atoms with Crippen molar-refractivity contribution in [1.29, 1.82) is 0 Å². The largest absolute Gasteiger partial charge is 0.487 e. The van der Waals surface area contributed by atoms with Crippen LogP contribution in [-0.2, 0) is 11.3 Å². The Kier molecular flexibility index (Phi) is 4.74. The van der Waals surface area contributed by atoms with Crippen LogP contribution in [0.3, 0.4) is 0 Å². The molecule has 1 saturated heterocycles. The maximum atomic E-state index is 5.78. The summed E-state index contributed by atoms with van der Waals surface area (Å²) in [5, 5.41) is 4.44. The van der Waals surface area contributed by atoms with Crippen LogP contribution in [-0.4, -0.2) is 21.4 Å².